The van der Waals surface area contributed by atoms with E-state index < -0.39 is 33.4 Å². The highest BCUT2D eigenvalue weighted by Crippen LogP contribution is 2.54. The smallest absolute Gasteiger partial charge is 0.460 e. The zero-order valence-corrected chi connectivity index (χ0v) is 26.7. The first-order chi connectivity index (χ1) is 18.9. The van der Waals surface area contributed by atoms with Crippen LogP contribution in [0.15, 0.2) is 0 Å². The maximum absolute atomic E-state index is 12.2. The molecule has 42 heavy (non-hydrogen) atoms. The molecule has 0 radical (unpaired) electrons. The lowest BCUT2D eigenvalue weighted by atomic mass is 10.0. The lowest BCUT2D eigenvalue weighted by Gasteiger charge is -2.34. The molecule has 0 aromatic heterocycles. The van der Waals surface area contributed by atoms with Gasteiger partial charge in [0, 0.05) is 0 Å². The molecule has 0 aromatic rings. The average molecular weight is 654 g/mol. The van der Waals surface area contributed by atoms with E-state index in [4.69, 9.17) is 0 Å². The van der Waals surface area contributed by atoms with Gasteiger partial charge in [-0.3, -0.25) is 0 Å². The zero-order chi connectivity index (χ0) is 33.4. The summed E-state index contributed by atoms with van der Waals surface area (Å²) in [5, 5.41) is -7.11. The van der Waals surface area contributed by atoms with Crippen molar-refractivity contribution in [3.8, 4) is 0 Å². The minimum Gasteiger partial charge on any atom is -0.743 e. The normalized spacial score (nSPS) is 13.8. The molecule has 0 aliphatic rings. The second kappa shape index (κ2) is 19.6. The molecule has 0 rings (SSSR count). The number of rotatable bonds is 21. The molecule has 0 bridgehead atoms. The molecule has 1 N–H and O–H groups in total. The third-order valence-electron chi connectivity index (χ3n) is 6.87. The molecule has 0 atom stereocenters. The number of halogens is 9. The van der Waals surface area contributed by atoms with Crippen LogP contribution in [0.1, 0.15) is 119 Å². The Labute approximate surface area is 246 Å². The fourth-order valence-electron chi connectivity index (χ4n) is 4.21. The minimum atomic E-state index is -7.43. The van der Waals surface area contributed by atoms with Crippen LogP contribution < -0.4 is 4.90 Å². The van der Waals surface area contributed by atoms with Crippen molar-refractivity contribution in [2.24, 2.45) is 17.8 Å². The van der Waals surface area contributed by atoms with Crippen LogP contribution in [0.4, 0.5) is 39.5 Å². The van der Waals surface area contributed by atoms with Crippen molar-refractivity contribution >= 4 is 10.1 Å². The van der Waals surface area contributed by atoms with Crippen LogP contribution in [0.5, 0.6) is 0 Å². The maximum atomic E-state index is 12.2. The van der Waals surface area contributed by atoms with Crippen molar-refractivity contribution in [2.45, 2.75) is 142 Å². The Kier molecular flexibility index (Phi) is 20.2. The Bertz CT molecular complexity index is 760. The number of unbranched alkanes of at least 4 members (excludes halogenated alkanes) is 6. The van der Waals surface area contributed by atoms with E-state index in [1.807, 2.05) is 4.90 Å². The lowest BCUT2D eigenvalue weighted by Crippen LogP contribution is -3.12. The van der Waals surface area contributed by atoms with Crippen LogP contribution in [0.3, 0.4) is 0 Å². The van der Waals surface area contributed by atoms with Gasteiger partial charge in [-0.15, -0.1) is 0 Å². The van der Waals surface area contributed by atoms with Crippen LogP contribution in [-0.4, -0.2) is 55.9 Å². The summed E-state index contributed by atoms with van der Waals surface area (Å²) in [4.78, 5) is 1.90. The summed E-state index contributed by atoms with van der Waals surface area (Å²) < 4.78 is 135. The SMILES string of the molecule is CC(C)CCCCC[NH+](CCCCCC(C)C)CCCCCC(C)C.O=S(=O)([O-])C(F)(F)C(F)(F)C(F)(F)C(F)(F)F. The van der Waals surface area contributed by atoms with E-state index in [1.165, 1.54) is 96.7 Å². The lowest BCUT2D eigenvalue weighted by molar-refractivity contribution is -0.900. The highest BCUT2D eigenvalue weighted by molar-refractivity contribution is 7.86. The molecular weight excluding hydrogens is 601 g/mol. The molecule has 0 aliphatic carbocycles. The third kappa shape index (κ3) is 16.4. The van der Waals surface area contributed by atoms with Crippen LogP contribution in [0.2, 0.25) is 0 Å². The summed E-state index contributed by atoms with van der Waals surface area (Å²) in [6.45, 7) is 18.4. The summed E-state index contributed by atoms with van der Waals surface area (Å²) in [6, 6.07) is 0. The summed E-state index contributed by atoms with van der Waals surface area (Å²) in [5.41, 5.74) is 0. The van der Waals surface area contributed by atoms with E-state index in [-0.39, 0.29) is 0 Å². The first kappa shape index (κ1) is 43.4. The fourth-order valence-corrected chi connectivity index (χ4v) is 4.65. The molecule has 0 fully saturated rings. The minimum absolute atomic E-state index is 0.880. The van der Waals surface area contributed by atoms with Gasteiger partial charge in [0.15, 0.2) is 10.1 Å². The summed E-state index contributed by atoms with van der Waals surface area (Å²) >= 11 is 0. The standard InChI is InChI=1S/C24H51N.C4HF9O3S/c1-22(2)16-10-7-13-19-25(20-14-8-11-17-23(3)4)21-15-9-12-18-24(5)6;5-1(6,3(9,10)11)2(7,8)4(12,13)17(14,15)16/h22-24H,7-21H2,1-6H3;(H,14,15,16). The highest BCUT2D eigenvalue weighted by atomic mass is 32.2. The highest BCUT2D eigenvalue weighted by Gasteiger charge is 2.83. The van der Waals surface area contributed by atoms with Gasteiger partial charge in [0.25, 0.3) is 0 Å². The quantitative estimate of drug-likeness (QED) is 0.0768. The Hall–Kier alpha value is -0.760. The van der Waals surface area contributed by atoms with Crippen molar-refractivity contribution < 1.29 is 57.4 Å². The summed E-state index contributed by atoms with van der Waals surface area (Å²) in [7, 11) is -7.42. The molecule has 0 saturated carbocycles. The van der Waals surface area contributed by atoms with Gasteiger partial charge in [0.05, 0.1) is 19.6 Å². The number of hydrogen-bond donors (Lipinski definition) is 1. The van der Waals surface area contributed by atoms with E-state index in [0.29, 0.717) is 0 Å². The van der Waals surface area contributed by atoms with Crippen molar-refractivity contribution in [1.29, 1.82) is 0 Å². The largest absolute Gasteiger partial charge is 0.743 e. The Balaban J connectivity index is 0. The third-order valence-corrected chi connectivity index (χ3v) is 7.75. The zero-order valence-electron chi connectivity index (χ0n) is 25.9. The molecule has 0 saturated heterocycles. The van der Waals surface area contributed by atoms with Crippen molar-refractivity contribution in [1.82, 2.24) is 0 Å². The molecule has 0 aliphatic heterocycles. The van der Waals surface area contributed by atoms with E-state index in [2.05, 4.69) is 41.5 Å². The molecular formula is C28H52F9NO3S. The van der Waals surface area contributed by atoms with E-state index in [1.54, 1.807) is 0 Å². The van der Waals surface area contributed by atoms with Crippen molar-refractivity contribution in [3.05, 3.63) is 0 Å². The van der Waals surface area contributed by atoms with Gasteiger partial charge in [0.1, 0.15) is 0 Å². The number of alkyl halides is 9. The summed E-state index contributed by atoms with van der Waals surface area (Å²) in [6.07, 6.45) is 10.1. The van der Waals surface area contributed by atoms with Gasteiger partial charge in [-0.2, -0.15) is 39.5 Å². The molecule has 4 nitrogen and oxygen atoms in total. The number of quaternary nitrogens is 1. The predicted octanol–water partition coefficient (Wildman–Crippen LogP) is 8.48. The van der Waals surface area contributed by atoms with Crippen LogP contribution in [0.25, 0.3) is 0 Å². The van der Waals surface area contributed by atoms with Gasteiger partial charge in [-0.25, -0.2) is 8.42 Å². The predicted molar refractivity (Wildman–Crippen MR) is 146 cm³/mol. The molecule has 14 heteroatoms. The number of nitrogens with one attached hydrogen (secondary N) is 1. The van der Waals surface area contributed by atoms with Gasteiger partial charge in [-0.05, 0) is 56.3 Å². The van der Waals surface area contributed by atoms with Crippen molar-refractivity contribution in [2.75, 3.05) is 19.6 Å². The monoisotopic (exact) mass is 653 g/mol. The molecule has 0 heterocycles. The van der Waals surface area contributed by atoms with Gasteiger partial charge in [0.2, 0.25) is 0 Å². The first-order valence-corrected chi connectivity index (χ1v) is 16.3. The molecule has 0 unspecified atom stereocenters. The van der Waals surface area contributed by atoms with Gasteiger partial charge in [-0.1, -0.05) is 80.1 Å². The van der Waals surface area contributed by atoms with E-state index in [0.717, 1.165) is 17.8 Å². The second-order valence-electron chi connectivity index (χ2n) is 12.3. The first-order valence-electron chi connectivity index (χ1n) is 14.9. The summed E-state index contributed by atoms with van der Waals surface area (Å²) in [5.74, 6) is -12.2. The molecule has 0 aromatic carbocycles. The Morgan fingerprint density at radius 3 is 1.02 bits per heavy atom. The molecule has 0 spiro atoms. The molecule has 0 amide bonds. The maximum Gasteiger partial charge on any atom is 0.460 e. The van der Waals surface area contributed by atoms with Crippen LogP contribution in [0, 0.1) is 17.8 Å². The Morgan fingerprint density at radius 1 is 0.524 bits per heavy atom. The van der Waals surface area contributed by atoms with E-state index in [9.17, 15) is 52.5 Å². The van der Waals surface area contributed by atoms with Gasteiger partial charge < -0.3 is 9.45 Å². The van der Waals surface area contributed by atoms with Crippen LogP contribution >= 0.6 is 0 Å². The topological polar surface area (TPSA) is 61.6 Å². The number of hydrogen-bond acceptors (Lipinski definition) is 3. The second-order valence-corrected chi connectivity index (χ2v) is 13.8. The average Bonchev–Trinajstić information content (AvgIpc) is 2.81. The fraction of sp³-hybridized carbons (Fsp3) is 1.00. The Morgan fingerprint density at radius 2 is 0.810 bits per heavy atom. The molecule has 256 valence electrons. The van der Waals surface area contributed by atoms with E-state index >= 15 is 0 Å². The van der Waals surface area contributed by atoms with Gasteiger partial charge >= 0.3 is 23.3 Å². The van der Waals surface area contributed by atoms with Crippen molar-refractivity contribution in [3.63, 3.8) is 0 Å². The van der Waals surface area contributed by atoms with Crippen LogP contribution in [-0.2, 0) is 10.1 Å².